The van der Waals surface area contributed by atoms with Crippen molar-refractivity contribution in [2.75, 3.05) is 0 Å². The first kappa shape index (κ1) is 8.84. The fourth-order valence-corrected chi connectivity index (χ4v) is 1.93. The largest absolute Gasteiger partial charge is 0.245 e. The zero-order valence-electron chi connectivity index (χ0n) is 6.50. The molecule has 2 rings (SSSR count). The van der Waals surface area contributed by atoms with Gasteiger partial charge in [0.05, 0.1) is 11.2 Å². The van der Waals surface area contributed by atoms with E-state index in [2.05, 4.69) is 20.9 Å². The number of nitrogens with zero attached hydrogens (tertiary/aromatic N) is 1. The minimum Gasteiger partial charge on any atom is -0.245 e. The first-order chi connectivity index (χ1) is 6.27. The summed E-state index contributed by atoms with van der Waals surface area (Å²) in [6.07, 6.45) is 0. The molecule has 0 amide bonds. The summed E-state index contributed by atoms with van der Waals surface area (Å²) in [5.41, 5.74) is 2.93. The summed E-state index contributed by atoms with van der Waals surface area (Å²) in [5, 5.41) is 1.83. The lowest BCUT2D eigenvalue weighted by molar-refractivity contribution is 0.630. The van der Waals surface area contributed by atoms with E-state index in [1.807, 2.05) is 5.38 Å². The Morgan fingerprint density at radius 1 is 1.38 bits per heavy atom. The van der Waals surface area contributed by atoms with E-state index in [4.69, 9.17) is 0 Å². The van der Waals surface area contributed by atoms with Crippen molar-refractivity contribution in [3.05, 3.63) is 39.4 Å². The smallest absolute Gasteiger partial charge is 0.133 e. The van der Waals surface area contributed by atoms with E-state index in [0.717, 1.165) is 4.47 Å². The van der Waals surface area contributed by atoms with Crippen LogP contribution in [-0.4, -0.2) is 4.98 Å². The fraction of sp³-hybridized carbons (Fsp3) is 0. The molecule has 66 valence electrons. The summed E-state index contributed by atoms with van der Waals surface area (Å²) in [6.45, 7) is 0. The van der Waals surface area contributed by atoms with Gasteiger partial charge in [0.2, 0.25) is 0 Å². The molecule has 0 aliphatic rings. The third kappa shape index (κ3) is 1.78. The Morgan fingerprint density at radius 3 is 2.85 bits per heavy atom. The quantitative estimate of drug-likeness (QED) is 0.759. The lowest BCUT2D eigenvalue weighted by atomic mass is 10.2. The van der Waals surface area contributed by atoms with Gasteiger partial charge in [-0.2, -0.15) is 0 Å². The molecule has 1 aromatic carbocycles. The van der Waals surface area contributed by atoms with E-state index >= 15 is 0 Å². The van der Waals surface area contributed by atoms with Gasteiger partial charge >= 0.3 is 0 Å². The van der Waals surface area contributed by atoms with Crippen molar-refractivity contribution in [2.24, 2.45) is 0 Å². The minimum absolute atomic E-state index is 0.250. The van der Waals surface area contributed by atoms with Crippen molar-refractivity contribution < 1.29 is 4.39 Å². The van der Waals surface area contributed by atoms with Gasteiger partial charge in [-0.25, -0.2) is 9.37 Å². The lowest BCUT2D eigenvalue weighted by Crippen LogP contribution is -1.83. The van der Waals surface area contributed by atoms with Crippen LogP contribution in [0.25, 0.3) is 11.3 Å². The van der Waals surface area contributed by atoms with Crippen molar-refractivity contribution in [1.29, 1.82) is 0 Å². The number of rotatable bonds is 1. The second kappa shape index (κ2) is 3.55. The Morgan fingerprint density at radius 2 is 2.23 bits per heavy atom. The van der Waals surface area contributed by atoms with Crippen LogP contribution in [0.2, 0.25) is 0 Å². The number of thiazole rings is 1. The number of hydrogen-bond donors (Lipinski definition) is 0. The molecule has 0 spiro atoms. The van der Waals surface area contributed by atoms with Gasteiger partial charge < -0.3 is 0 Å². The molecular weight excluding hydrogens is 253 g/mol. The lowest BCUT2D eigenvalue weighted by Gasteiger charge is -1.98. The van der Waals surface area contributed by atoms with E-state index in [1.54, 1.807) is 17.6 Å². The normalized spacial score (nSPS) is 10.3. The molecular formula is C9H5BrFNS. The van der Waals surface area contributed by atoms with Crippen molar-refractivity contribution >= 4 is 27.3 Å². The van der Waals surface area contributed by atoms with Gasteiger partial charge in [-0.05, 0) is 18.2 Å². The highest BCUT2D eigenvalue weighted by molar-refractivity contribution is 9.10. The monoisotopic (exact) mass is 257 g/mol. The molecule has 4 heteroatoms. The molecule has 0 saturated heterocycles. The molecule has 1 heterocycles. The molecule has 1 nitrogen and oxygen atoms in total. The van der Waals surface area contributed by atoms with Crippen LogP contribution in [0.5, 0.6) is 0 Å². The Balaban J connectivity index is 2.53. The maximum atomic E-state index is 13.3. The molecule has 0 aliphatic carbocycles. The SMILES string of the molecule is Fc1cc(Br)ccc1-c1cscn1. The van der Waals surface area contributed by atoms with Crippen LogP contribution in [0, 0.1) is 5.82 Å². The second-order valence-electron chi connectivity index (χ2n) is 2.50. The third-order valence-electron chi connectivity index (χ3n) is 1.64. The number of halogens is 2. The average molecular weight is 258 g/mol. The molecule has 0 aliphatic heterocycles. The molecule has 0 bridgehead atoms. The summed E-state index contributed by atoms with van der Waals surface area (Å²) in [6, 6.07) is 4.96. The first-order valence-electron chi connectivity index (χ1n) is 3.61. The van der Waals surface area contributed by atoms with E-state index in [9.17, 15) is 4.39 Å². The molecule has 0 radical (unpaired) electrons. The van der Waals surface area contributed by atoms with Crippen molar-refractivity contribution in [2.45, 2.75) is 0 Å². The van der Waals surface area contributed by atoms with Gasteiger partial charge in [0.1, 0.15) is 5.82 Å². The van der Waals surface area contributed by atoms with Crippen LogP contribution in [0.3, 0.4) is 0 Å². The van der Waals surface area contributed by atoms with E-state index in [-0.39, 0.29) is 5.82 Å². The topological polar surface area (TPSA) is 12.9 Å². The van der Waals surface area contributed by atoms with E-state index in [0.29, 0.717) is 11.3 Å². The van der Waals surface area contributed by atoms with Gasteiger partial charge in [-0.3, -0.25) is 0 Å². The van der Waals surface area contributed by atoms with Gasteiger partial charge in [0, 0.05) is 15.4 Å². The maximum absolute atomic E-state index is 13.3. The van der Waals surface area contributed by atoms with Crippen LogP contribution in [-0.2, 0) is 0 Å². The fourth-order valence-electron chi connectivity index (χ4n) is 1.04. The number of hydrogen-bond acceptors (Lipinski definition) is 2. The molecule has 0 saturated carbocycles. The summed E-state index contributed by atoms with van der Waals surface area (Å²) < 4.78 is 14.1. The highest BCUT2D eigenvalue weighted by Gasteiger charge is 2.06. The highest BCUT2D eigenvalue weighted by Crippen LogP contribution is 2.24. The minimum atomic E-state index is -0.250. The highest BCUT2D eigenvalue weighted by atomic mass is 79.9. The molecule has 2 aromatic rings. The van der Waals surface area contributed by atoms with Crippen LogP contribution in [0.1, 0.15) is 0 Å². The Kier molecular flexibility index (Phi) is 2.42. The summed E-state index contributed by atoms with van der Waals surface area (Å²) >= 11 is 4.66. The molecule has 0 atom stereocenters. The molecule has 0 fully saturated rings. The van der Waals surface area contributed by atoms with E-state index < -0.39 is 0 Å². The zero-order valence-corrected chi connectivity index (χ0v) is 8.90. The van der Waals surface area contributed by atoms with E-state index in [1.165, 1.54) is 17.4 Å². The second-order valence-corrected chi connectivity index (χ2v) is 4.13. The Labute approximate surface area is 87.4 Å². The predicted octanol–water partition coefficient (Wildman–Crippen LogP) is 3.71. The van der Waals surface area contributed by atoms with Crippen LogP contribution < -0.4 is 0 Å². The molecule has 0 N–H and O–H groups in total. The van der Waals surface area contributed by atoms with Gasteiger partial charge in [0.15, 0.2) is 0 Å². The predicted molar refractivity (Wildman–Crippen MR) is 55.2 cm³/mol. The molecule has 1 aromatic heterocycles. The molecule has 0 unspecified atom stereocenters. The van der Waals surface area contributed by atoms with Crippen LogP contribution in [0.15, 0.2) is 33.6 Å². The maximum Gasteiger partial charge on any atom is 0.133 e. The van der Waals surface area contributed by atoms with Gasteiger partial charge in [0.25, 0.3) is 0 Å². The number of aromatic nitrogens is 1. The third-order valence-corrected chi connectivity index (χ3v) is 2.72. The van der Waals surface area contributed by atoms with Gasteiger partial charge in [-0.15, -0.1) is 11.3 Å². The average Bonchev–Trinajstić information content (AvgIpc) is 2.56. The summed E-state index contributed by atoms with van der Waals surface area (Å²) in [4.78, 5) is 4.04. The standard InChI is InChI=1S/C9H5BrFNS/c10-6-1-2-7(8(11)3-6)9-4-13-5-12-9/h1-5H. The van der Waals surface area contributed by atoms with Crippen molar-refractivity contribution in [3.63, 3.8) is 0 Å². The number of benzene rings is 1. The summed E-state index contributed by atoms with van der Waals surface area (Å²) in [7, 11) is 0. The van der Waals surface area contributed by atoms with Crippen LogP contribution in [0.4, 0.5) is 4.39 Å². The molecule has 13 heavy (non-hydrogen) atoms. The van der Waals surface area contributed by atoms with Gasteiger partial charge in [-0.1, -0.05) is 15.9 Å². The van der Waals surface area contributed by atoms with Crippen LogP contribution >= 0.6 is 27.3 Å². The first-order valence-corrected chi connectivity index (χ1v) is 5.34. The Hall–Kier alpha value is -0.740. The summed E-state index contributed by atoms with van der Waals surface area (Å²) in [5.74, 6) is -0.250. The van der Waals surface area contributed by atoms with Crippen molar-refractivity contribution in [1.82, 2.24) is 4.98 Å². The zero-order chi connectivity index (χ0) is 9.26. The van der Waals surface area contributed by atoms with Crippen molar-refractivity contribution in [3.8, 4) is 11.3 Å². The Bertz CT molecular complexity index is 414.